The summed E-state index contributed by atoms with van der Waals surface area (Å²) in [5, 5.41) is 0.539. The summed E-state index contributed by atoms with van der Waals surface area (Å²) in [6, 6.07) is 26.9. The molecule has 0 spiro atoms. The zero-order valence-corrected chi connectivity index (χ0v) is 23.3. The third-order valence-electron chi connectivity index (χ3n) is 6.97. The Labute approximate surface area is 239 Å². The molecule has 41 heavy (non-hydrogen) atoms. The van der Waals surface area contributed by atoms with Gasteiger partial charge in [-0.25, -0.2) is 9.19 Å². The number of amides is 1. The largest absolute Gasteiger partial charge is 0.432 e. The van der Waals surface area contributed by atoms with E-state index >= 15 is 0 Å². The molecule has 1 atom stereocenters. The molecule has 0 radical (unpaired) electrons. The lowest BCUT2D eigenvalue weighted by Crippen LogP contribution is -2.33. The number of ether oxygens (including phenoxy) is 1. The maximum Gasteiger partial charge on any atom is 0.264 e. The number of furan rings is 1. The van der Waals surface area contributed by atoms with E-state index in [4.69, 9.17) is 14.1 Å². The molecule has 9 heteroatoms. The molecular weight excluding hydrogens is 538 g/mol. The fourth-order valence-corrected chi connectivity index (χ4v) is 5.72. The van der Waals surface area contributed by atoms with Gasteiger partial charge in [0.2, 0.25) is 28.4 Å². The molecule has 206 valence electrons. The van der Waals surface area contributed by atoms with Crippen LogP contribution in [0, 0.1) is 0 Å². The summed E-state index contributed by atoms with van der Waals surface area (Å²) in [6.07, 6.45) is 0.497. The van der Waals surface area contributed by atoms with Crippen LogP contribution in [-0.2, 0) is 28.9 Å². The predicted molar refractivity (Wildman–Crippen MR) is 158 cm³/mol. The number of pyridine rings is 1. The third-order valence-corrected chi connectivity index (χ3v) is 7.73. The average molecular weight is 566 g/mol. The van der Waals surface area contributed by atoms with Crippen molar-refractivity contribution in [3.63, 3.8) is 0 Å². The highest BCUT2D eigenvalue weighted by atomic mass is 32.2. The second-order valence-corrected chi connectivity index (χ2v) is 11.3. The lowest BCUT2D eigenvalue weighted by molar-refractivity contribution is -0.0395. The summed E-state index contributed by atoms with van der Waals surface area (Å²) in [5.41, 5.74) is 4.01. The summed E-state index contributed by atoms with van der Waals surface area (Å²) in [5.74, 6) is -0.974. The van der Waals surface area contributed by atoms with Crippen molar-refractivity contribution in [2.75, 3.05) is 4.72 Å². The Morgan fingerprint density at radius 3 is 2.12 bits per heavy atom. The van der Waals surface area contributed by atoms with E-state index in [0.717, 1.165) is 16.7 Å². The first-order chi connectivity index (χ1) is 19.8. The number of aromatic nitrogens is 1. The van der Waals surface area contributed by atoms with Gasteiger partial charge in [-0.1, -0.05) is 78.9 Å². The van der Waals surface area contributed by atoms with Gasteiger partial charge in [0.1, 0.15) is 5.69 Å². The molecule has 3 aromatic carbocycles. The molecule has 0 aliphatic carbocycles. The number of ketones is 1. The number of carbonyl (C=O) groups excluding carboxylic acids is 2. The maximum absolute atomic E-state index is 13.7. The molecule has 6 rings (SSSR count). The number of benzene rings is 3. The Hall–Kier alpha value is -4.60. The summed E-state index contributed by atoms with van der Waals surface area (Å²) < 4.78 is 31.0. The number of hydrogen-bond acceptors (Lipinski definition) is 6. The molecule has 1 amide bonds. The van der Waals surface area contributed by atoms with Crippen LogP contribution in [0.15, 0.2) is 95.4 Å². The van der Waals surface area contributed by atoms with Crippen molar-refractivity contribution in [1.29, 1.82) is 0 Å². The molecule has 2 aromatic heterocycles. The van der Waals surface area contributed by atoms with Gasteiger partial charge in [-0.2, -0.15) is 0 Å². The highest BCUT2D eigenvalue weighted by molar-refractivity contribution is 7.85. The number of nitrogens with one attached hydrogen (secondary N) is 2. The molecule has 0 fully saturated rings. The Morgan fingerprint density at radius 2 is 1.46 bits per heavy atom. The summed E-state index contributed by atoms with van der Waals surface area (Å²) in [4.78, 5) is 31.3. The van der Waals surface area contributed by atoms with Crippen molar-refractivity contribution in [1.82, 2.24) is 9.71 Å². The van der Waals surface area contributed by atoms with Crippen molar-refractivity contribution < 1.29 is 23.0 Å². The molecule has 0 bridgehead atoms. The molecule has 5 aromatic rings. The van der Waals surface area contributed by atoms with E-state index in [0.29, 0.717) is 35.2 Å². The van der Waals surface area contributed by atoms with Gasteiger partial charge < -0.3 is 9.15 Å². The van der Waals surface area contributed by atoms with Crippen molar-refractivity contribution >= 4 is 39.6 Å². The average Bonchev–Trinajstić information content (AvgIpc) is 3.35. The highest BCUT2D eigenvalue weighted by Gasteiger charge is 2.35. The number of nitrogens with zero attached hydrogens (tertiary/aromatic N) is 1. The Morgan fingerprint density at radius 1 is 0.854 bits per heavy atom. The molecular formula is C32H27N3O5S. The molecule has 2 N–H and O–H groups in total. The fraction of sp³-hybridized carbons (Fsp3) is 0.156. The molecule has 8 nitrogen and oxygen atoms in total. The number of rotatable bonds is 7. The van der Waals surface area contributed by atoms with Crippen LogP contribution in [0.5, 0.6) is 0 Å². The zero-order valence-electron chi connectivity index (χ0n) is 22.5. The van der Waals surface area contributed by atoms with Gasteiger partial charge in [0.25, 0.3) is 5.91 Å². The first-order valence-electron chi connectivity index (χ1n) is 13.1. The van der Waals surface area contributed by atoms with Crippen LogP contribution in [0.25, 0.3) is 22.4 Å². The summed E-state index contributed by atoms with van der Waals surface area (Å²) in [6.45, 7) is 4.29. The van der Waals surface area contributed by atoms with Crippen molar-refractivity contribution in [2.45, 2.75) is 32.5 Å². The van der Waals surface area contributed by atoms with E-state index in [2.05, 4.69) is 9.44 Å². The smallest absolute Gasteiger partial charge is 0.264 e. The van der Waals surface area contributed by atoms with Crippen LogP contribution < -0.4 is 9.44 Å². The van der Waals surface area contributed by atoms with Gasteiger partial charge in [-0.3, -0.25) is 19.0 Å². The van der Waals surface area contributed by atoms with Gasteiger partial charge in [0.15, 0.2) is 0 Å². The van der Waals surface area contributed by atoms with Crippen LogP contribution in [0.4, 0.5) is 5.69 Å². The van der Waals surface area contributed by atoms with E-state index in [1.54, 1.807) is 54.6 Å². The minimum atomic E-state index is -2.10. The molecule has 0 saturated heterocycles. The minimum absolute atomic E-state index is 0.0438. The molecule has 1 aliphatic heterocycles. The van der Waals surface area contributed by atoms with Crippen LogP contribution in [-0.4, -0.2) is 26.5 Å². The molecule has 0 unspecified atom stereocenters. The number of carbonyl (C=O) groups is 2. The van der Waals surface area contributed by atoms with Gasteiger partial charge >= 0.3 is 0 Å². The van der Waals surface area contributed by atoms with Crippen LogP contribution in [0.3, 0.4) is 0 Å². The number of fused-ring (bicyclic) bond motifs is 3. The molecule has 1 aliphatic rings. The Bertz CT molecular complexity index is 1780. The first-order valence-corrected chi connectivity index (χ1v) is 14.3. The Balaban J connectivity index is 1.52. The molecule has 3 heterocycles. The van der Waals surface area contributed by atoms with Gasteiger partial charge in [-0.15, -0.1) is 0 Å². The standard InChI is InChI=1S/C32H27N3O5S/c1-32(2)18-23-24(19-39-32)26(20-12-6-3-7-13-20)33-31-25(23)27(29(40-31)28(36)21-14-8-4-9-15-21)34-41(38)35-30(37)22-16-10-5-11-17-22/h3-17,34H,18-19H2,1-2H3,(H,35,37)/t41-/m1/s1. The summed E-state index contributed by atoms with van der Waals surface area (Å²) in [7, 11) is 0. The lowest BCUT2D eigenvalue weighted by Gasteiger charge is -2.33. The topological polar surface area (TPSA) is 111 Å². The second-order valence-electron chi connectivity index (χ2n) is 10.4. The van der Waals surface area contributed by atoms with Gasteiger partial charge in [-0.05, 0) is 31.5 Å². The van der Waals surface area contributed by atoms with Crippen LogP contribution in [0.1, 0.15) is 51.5 Å². The van der Waals surface area contributed by atoms with E-state index in [9.17, 15) is 13.8 Å². The first kappa shape index (κ1) is 26.6. The quantitative estimate of drug-likeness (QED) is 0.234. The number of anilines is 1. The highest BCUT2D eigenvalue weighted by Crippen LogP contribution is 2.43. The SMILES string of the molecule is CC1(C)Cc2c(c(-c3ccccc3)nc3oc(C(=O)c4ccccc4)c(N[S@@](=O)NC(=O)c4ccccc4)c23)CO1. The van der Waals surface area contributed by atoms with Crippen LogP contribution >= 0.6 is 0 Å². The minimum Gasteiger partial charge on any atom is -0.432 e. The van der Waals surface area contributed by atoms with E-state index in [-0.39, 0.29) is 17.2 Å². The Kier molecular flexibility index (Phi) is 6.98. The molecule has 0 saturated carbocycles. The van der Waals surface area contributed by atoms with Crippen LogP contribution in [0.2, 0.25) is 0 Å². The van der Waals surface area contributed by atoms with Gasteiger partial charge in [0.05, 0.1) is 23.3 Å². The predicted octanol–water partition coefficient (Wildman–Crippen LogP) is 6.00. The normalized spacial score (nSPS) is 14.7. The van der Waals surface area contributed by atoms with Crippen molar-refractivity contribution in [3.8, 4) is 11.3 Å². The number of hydrogen-bond donors (Lipinski definition) is 2. The zero-order chi connectivity index (χ0) is 28.6. The van der Waals surface area contributed by atoms with E-state index < -0.39 is 28.5 Å². The van der Waals surface area contributed by atoms with E-state index in [1.165, 1.54) is 0 Å². The van der Waals surface area contributed by atoms with Crippen molar-refractivity contribution in [3.05, 3.63) is 119 Å². The maximum atomic E-state index is 13.7. The van der Waals surface area contributed by atoms with Gasteiger partial charge in [0, 0.05) is 28.7 Å². The van der Waals surface area contributed by atoms with Crippen molar-refractivity contribution in [2.24, 2.45) is 0 Å². The third kappa shape index (κ3) is 5.29. The lowest BCUT2D eigenvalue weighted by atomic mass is 9.87. The second kappa shape index (κ2) is 10.8. The summed E-state index contributed by atoms with van der Waals surface area (Å²) >= 11 is -2.10. The fourth-order valence-electron chi connectivity index (χ4n) is 5.00. The van der Waals surface area contributed by atoms with E-state index in [1.807, 2.05) is 50.2 Å². The monoisotopic (exact) mass is 565 g/mol.